The summed E-state index contributed by atoms with van der Waals surface area (Å²) in [6, 6.07) is 8.54. The average molecular weight is 261 g/mol. The van der Waals surface area contributed by atoms with E-state index in [9.17, 15) is 0 Å². The molecule has 1 heterocycles. The maximum atomic E-state index is 5.65. The van der Waals surface area contributed by atoms with Gasteiger partial charge in [-0.3, -0.25) is 5.10 Å². The lowest BCUT2D eigenvalue weighted by Crippen LogP contribution is -1.98. The lowest BCUT2D eigenvalue weighted by atomic mass is 10.1. The number of hydrogen-bond donors (Lipinski definition) is 2. The standard InChI is InChI=1S/C14H19N3S/c1-9(2)18-12-6-4-11(5-7-12)14-10(3)13(8-15)16-17-14/h4-7,9H,8,15H2,1-3H3,(H,16,17). The zero-order valence-corrected chi connectivity index (χ0v) is 11.8. The van der Waals surface area contributed by atoms with Crippen molar-refractivity contribution in [2.75, 3.05) is 0 Å². The van der Waals surface area contributed by atoms with Gasteiger partial charge >= 0.3 is 0 Å². The van der Waals surface area contributed by atoms with E-state index < -0.39 is 0 Å². The third kappa shape index (κ3) is 2.76. The van der Waals surface area contributed by atoms with Gasteiger partial charge in [-0.05, 0) is 24.6 Å². The number of rotatable bonds is 4. The molecule has 2 aromatic rings. The van der Waals surface area contributed by atoms with Crippen molar-refractivity contribution in [2.24, 2.45) is 5.73 Å². The summed E-state index contributed by atoms with van der Waals surface area (Å²) in [6.07, 6.45) is 0. The predicted octanol–water partition coefficient (Wildman–Crippen LogP) is 3.34. The second-order valence-electron chi connectivity index (χ2n) is 4.57. The normalized spacial score (nSPS) is 11.2. The van der Waals surface area contributed by atoms with E-state index in [0.717, 1.165) is 22.5 Å². The minimum atomic E-state index is 0.500. The van der Waals surface area contributed by atoms with Crippen molar-refractivity contribution in [3.63, 3.8) is 0 Å². The average Bonchev–Trinajstić information content (AvgIpc) is 2.71. The van der Waals surface area contributed by atoms with Crippen LogP contribution in [0, 0.1) is 6.92 Å². The summed E-state index contributed by atoms with van der Waals surface area (Å²) in [5.41, 5.74) is 9.92. The van der Waals surface area contributed by atoms with Crippen LogP contribution in [-0.2, 0) is 6.54 Å². The lowest BCUT2D eigenvalue weighted by Gasteiger charge is -2.05. The molecule has 0 unspecified atom stereocenters. The third-order valence-corrected chi connectivity index (χ3v) is 3.83. The van der Waals surface area contributed by atoms with Crippen molar-refractivity contribution >= 4 is 11.8 Å². The minimum absolute atomic E-state index is 0.500. The van der Waals surface area contributed by atoms with Gasteiger partial charge in [0, 0.05) is 22.3 Å². The number of nitrogens with two attached hydrogens (primary N) is 1. The molecule has 1 aromatic heterocycles. The molecule has 0 amide bonds. The molecular weight excluding hydrogens is 242 g/mol. The van der Waals surface area contributed by atoms with Crippen LogP contribution in [0.15, 0.2) is 29.2 Å². The molecule has 1 aromatic carbocycles. The summed E-state index contributed by atoms with van der Waals surface area (Å²) in [7, 11) is 0. The highest BCUT2D eigenvalue weighted by molar-refractivity contribution is 7.99. The van der Waals surface area contributed by atoms with Crippen LogP contribution in [0.5, 0.6) is 0 Å². The van der Waals surface area contributed by atoms with Gasteiger partial charge in [-0.2, -0.15) is 5.10 Å². The number of thioether (sulfide) groups is 1. The van der Waals surface area contributed by atoms with E-state index in [2.05, 4.69) is 55.2 Å². The molecule has 4 heteroatoms. The highest BCUT2D eigenvalue weighted by atomic mass is 32.2. The molecule has 0 atom stereocenters. The van der Waals surface area contributed by atoms with Crippen LogP contribution in [0.25, 0.3) is 11.3 Å². The fraction of sp³-hybridized carbons (Fsp3) is 0.357. The van der Waals surface area contributed by atoms with E-state index in [4.69, 9.17) is 5.73 Å². The molecular formula is C14H19N3S. The Labute approximate surface area is 112 Å². The van der Waals surface area contributed by atoms with Gasteiger partial charge in [0.15, 0.2) is 0 Å². The van der Waals surface area contributed by atoms with E-state index >= 15 is 0 Å². The summed E-state index contributed by atoms with van der Waals surface area (Å²) in [4.78, 5) is 1.29. The predicted molar refractivity (Wildman–Crippen MR) is 77.6 cm³/mol. The van der Waals surface area contributed by atoms with Gasteiger partial charge in [-0.25, -0.2) is 0 Å². The molecule has 0 radical (unpaired) electrons. The molecule has 3 nitrogen and oxygen atoms in total. The summed E-state index contributed by atoms with van der Waals surface area (Å²) in [5, 5.41) is 7.93. The van der Waals surface area contributed by atoms with Crippen molar-refractivity contribution in [1.29, 1.82) is 0 Å². The molecule has 0 aliphatic rings. The molecule has 0 aliphatic heterocycles. The number of aromatic nitrogens is 2. The number of nitrogens with zero attached hydrogens (tertiary/aromatic N) is 1. The Morgan fingerprint density at radius 3 is 2.44 bits per heavy atom. The second-order valence-corrected chi connectivity index (χ2v) is 6.22. The van der Waals surface area contributed by atoms with Crippen molar-refractivity contribution < 1.29 is 0 Å². The van der Waals surface area contributed by atoms with Crippen LogP contribution in [0.2, 0.25) is 0 Å². The molecule has 0 spiro atoms. The number of benzene rings is 1. The molecule has 18 heavy (non-hydrogen) atoms. The first-order valence-electron chi connectivity index (χ1n) is 6.12. The molecule has 2 rings (SSSR count). The van der Waals surface area contributed by atoms with Gasteiger partial charge in [0.25, 0.3) is 0 Å². The van der Waals surface area contributed by atoms with E-state index in [-0.39, 0.29) is 0 Å². The summed E-state index contributed by atoms with van der Waals surface area (Å²) in [6.45, 7) is 6.95. The smallest absolute Gasteiger partial charge is 0.0953 e. The first-order chi connectivity index (χ1) is 8.61. The Hall–Kier alpha value is -1.26. The Kier molecular flexibility index (Phi) is 4.09. The quantitative estimate of drug-likeness (QED) is 0.830. The zero-order chi connectivity index (χ0) is 13.1. The Balaban J connectivity index is 2.26. The fourth-order valence-corrected chi connectivity index (χ4v) is 2.71. The minimum Gasteiger partial charge on any atom is -0.325 e. The van der Waals surface area contributed by atoms with Crippen molar-refractivity contribution in [3.05, 3.63) is 35.5 Å². The van der Waals surface area contributed by atoms with Gasteiger partial charge in [0.1, 0.15) is 0 Å². The topological polar surface area (TPSA) is 54.7 Å². The molecule has 0 aliphatic carbocycles. The van der Waals surface area contributed by atoms with Crippen LogP contribution in [0.1, 0.15) is 25.1 Å². The monoisotopic (exact) mass is 261 g/mol. The first-order valence-corrected chi connectivity index (χ1v) is 7.00. The van der Waals surface area contributed by atoms with E-state index in [1.807, 2.05) is 11.8 Å². The van der Waals surface area contributed by atoms with Gasteiger partial charge in [-0.15, -0.1) is 11.8 Å². The van der Waals surface area contributed by atoms with Gasteiger partial charge in [0.05, 0.1) is 11.4 Å². The molecule has 0 bridgehead atoms. The summed E-state index contributed by atoms with van der Waals surface area (Å²) in [5.74, 6) is 0. The summed E-state index contributed by atoms with van der Waals surface area (Å²) < 4.78 is 0. The number of H-pyrrole nitrogens is 1. The highest BCUT2D eigenvalue weighted by Crippen LogP contribution is 2.27. The van der Waals surface area contributed by atoms with E-state index in [1.54, 1.807) is 0 Å². The van der Waals surface area contributed by atoms with Crippen LogP contribution >= 0.6 is 11.8 Å². The van der Waals surface area contributed by atoms with E-state index in [0.29, 0.717) is 11.8 Å². The SMILES string of the molecule is Cc1c(-c2ccc(SC(C)C)cc2)n[nH]c1CN. The molecule has 96 valence electrons. The van der Waals surface area contributed by atoms with Crippen LogP contribution in [-0.4, -0.2) is 15.4 Å². The molecule has 3 N–H and O–H groups in total. The van der Waals surface area contributed by atoms with Crippen molar-refractivity contribution in [2.45, 2.75) is 37.5 Å². The van der Waals surface area contributed by atoms with Crippen molar-refractivity contribution in [3.8, 4) is 11.3 Å². The Morgan fingerprint density at radius 1 is 1.28 bits per heavy atom. The highest BCUT2D eigenvalue weighted by Gasteiger charge is 2.09. The lowest BCUT2D eigenvalue weighted by molar-refractivity contribution is 0.941. The van der Waals surface area contributed by atoms with Crippen molar-refractivity contribution in [1.82, 2.24) is 10.2 Å². The third-order valence-electron chi connectivity index (χ3n) is 2.81. The summed E-state index contributed by atoms with van der Waals surface area (Å²) >= 11 is 1.87. The zero-order valence-electron chi connectivity index (χ0n) is 11.0. The second kappa shape index (κ2) is 5.59. The number of hydrogen-bond acceptors (Lipinski definition) is 3. The first kappa shape index (κ1) is 13.2. The van der Waals surface area contributed by atoms with Crippen LogP contribution < -0.4 is 5.73 Å². The van der Waals surface area contributed by atoms with Gasteiger partial charge < -0.3 is 5.73 Å². The number of nitrogens with one attached hydrogen (secondary N) is 1. The largest absolute Gasteiger partial charge is 0.325 e. The molecule has 0 saturated carbocycles. The fourth-order valence-electron chi connectivity index (χ4n) is 1.88. The Bertz CT molecular complexity index is 514. The molecule has 0 saturated heterocycles. The van der Waals surface area contributed by atoms with Gasteiger partial charge in [-0.1, -0.05) is 26.0 Å². The molecule has 0 fully saturated rings. The van der Waals surface area contributed by atoms with E-state index in [1.165, 1.54) is 4.90 Å². The van der Waals surface area contributed by atoms with Crippen LogP contribution in [0.3, 0.4) is 0 Å². The number of aromatic amines is 1. The van der Waals surface area contributed by atoms with Gasteiger partial charge in [0.2, 0.25) is 0 Å². The maximum Gasteiger partial charge on any atom is 0.0953 e. The Morgan fingerprint density at radius 2 is 1.94 bits per heavy atom. The maximum absolute atomic E-state index is 5.65. The van der Waals surface area contributed by atoms with Crippen LogP contribution in [0.4, 0.5) is 0 Å².